The fraction of sp³-hybridized carbons (Fsp3) is 0.571. The van der Waals surface area contributed by atoms with Crippen LogP contribution in [0.3, 0.4) is 0 Å². The van der Waals surface area contributed by atoms with Crippen molar-refractivity contribution in [3.05, 3.63) is 27.7 Å². The molecule has 3 rings (SSSR count). The Morgan fingerprint density at radius 3 is 2.19 bits per heavy atom. The van der Waals surface area contributed by atoms with Crippen LogP contribution in [0.4, 0.5) is 0 Å². The van der Waals surface area contributed by atoms with Crippen LogP contribution in [0.5, 0.6) is 0 Å². The van der Waals surface area contributed by atoms with Gasteiger partial charge < -0.3 is 5.32 Å². The third kappa shape index (κ3) is 3.22. The Hall–Kier alpha value is -0.330. The molecule has 2 unspecified atom stereocenters. The number of sulfonamides is 1. The average Bonchev–Trinajstić information content (AvgIpc) is 2.74. The largest absolute Gasteiger partial charge is 0.311 e. The summed E-state index contributed by atoms with van der Waals surface area (Å²) >= 11 is 12.1. The summed E-state index contributed by atoms with van der Waals surface area (Å²) < 4.78 is 27.8. The van der Waals surface area contributed by atoms with Gasteiger partial charge in [0.2, 0.25) is 10.0 Å². The van der Waals surface area contributed by atoms with E-state index in [2.05, 4.69) is 10.0 Å². The zero-order chi connectivity index (χ0) is 15.2. The van der Waals surface area contributed by atoms with Crippen molar-refractivity contribution in [3.8, 4) is 0 Å². The van der Waals surface area contributed by atoms with Crippen molar-refractivity contribution in [2.45, 2.75) is 55.6 Å². The van der Waals surface area contributed by atoms with Crippen LogP contribution in [0.25, 0.3) is 0 Å². The molecule has 2 aliphatic heterocycles. The molecule has 2 aliphatic rings. The first-order chi connectivity index (χ1) is 9.85. The quantitative estimate of drug-likeness (QED) is 0.882. The maximum atomic E-state index is 12.5. The third-order valence-electron chi connectivity index (χ3n) is 4.36. The third-order valence-corrected chi connectivity index (χ3v) is 6.64. The first-order valence-corrected chi connectivity index (χ1v) is 9.33. The van der Waals surface area contributed by atoms with Crippen LogP contribution >= 0.6 is 23.2 Å². The number of piperidine rings is 1. The maximum Gasteiger partial charge on any atom is 0.240 e. The van der Waals surface area contributed by atoms with Crippen LogP contribution < -0.4 is 10.0 Å². The van der Waals surface area contributed by atoms with Crippen LogP contribution in [0, 0.1) is 6.92 Å². The number of benzene rings is 1. The van der Waals surface area contributed by atoms with Gasteiger partial charge in [-0.2, -0.15) is 0 Å². The van der Waals surface area contributed by atoms with Gasteiger partial charge in [-0.05, 0) is 50.3 Å². The zero-order valence-electron chi connectivity index (χ0n) is 11.7. The lowest BCUT2D eigenvalue weighted by Crippen LogP contribution is -2.47. The lowest BCUT2D eigenvalue weighted by Gasteiger charge is -2.29. The molecule has 4 nitrogen and oxygen atoms in total. The molecule has 2 atom stereocenters. The van der Waals surface area contributed by atoms with Crippen LogP contribution in [0.1, 0.15) is 31.2 Å². The van der Waals surface area contributed by atoms with Crippen LogP contribution in [-0.4, -0.2) is 26.5 Å². The summed E-state index contributed by atoms with van der Waals surface area (Å²) in [5, 5.41) is 4.23. The molecule has 1 aromatic rings. The zero-order valence-corrected chi connectivity index (χ0v) is 14.0. The predicted octanol–water partition coefficient (Wildman–Crippen LogP) is 2.86. The second-order valence-electron chi connectivity index (χ2n) is 5.94. The standard InChI is InChI=1S/C14H18Cl2N2O2S/c1-8-13(15)6-12(7-14(8)16)21(19,20)18-11-4-9-2-3-10(5-11)17-9/h6-7,9-11,17-18H,2-5H2,1H3. The molecule has 2 bridgehead atoms. The van der Waals surface area contributed by atoms with E-state index < -0.39 is 10.0 Å². The highest BCUT2D eigenvalue weighted by Gasteiger charge is 2.35. The van der Waals surface area contributed by atoms with Crippen molar-refractivity contribution in [2.75, 3.05) is 0 Å². The van der Waals surface area contributed by atoms with Gasteiger partial charge in [-0.1, -0.05) is 23.2 Å². The highest BCUT2D eigenvalue weighted by atomic mass is 35.5. The van der Waals surface area contributed by atoms with E-state index in [1.165, 1.54) is 12.1 Å². The minimum Gasteiger partial charge on any atom is -0.311 e. The molecule has 2 fully saturated rings. The van der Waals surface area contributed by atoms with Crippen LogP contribution in [0.2, 0.25) is 10.0 Å². The fourth-order valence-electron chi connectivity index (χ4n) is 3.22. The first kappa shape index (κ1) is 15.6. The summed E-state index contributed by atoms with van der Waals surface area (Å²) in [6.45, 7) is 1.76. The normalized spacial score (nSPS) is 28.8. The van der Waals surface area contributed by atoms with E-state index in [9.17, 15) is 8.42 Å². The van der Waals surface area contributed by atoms with E-state index in [1.807, 2.05) is 0 Å². The van der Waals surface area contributed by atoms with Gasteiger partial charge in [0.15, 0.2) is 0 Å². The van der Waals surface area contributed by atoms with Crippen molar-refractivity contribution in [1.29, 1.82) is 0 Å². The topological polar surface area (TPSA) is 58.2 Å². The van der Waals surface area contributed by atoms with Gasteiger partial charge in [-0.3, -0.25) is 0 Å². The molecule has 0 amide bonds. The number of nitrogens with one attached hydrogen (secondary N) is 2. The predicted molar refractivity (Wildman–Crippen MR) is 84.5 cm³/mol. The van der Waals surface area contributed by atoms with Crippen molar-refractivity contribution >= 4 is 33.2 Å². The second kappa shape index (κ2) is 5.70. The average molecular weight is 349 g/mol. The second-order valence-corrected chi connectivity index (χ2v) is 8.47. The number of hydrogen-bond acceptors (Lipinski definition) is 3. The Balaban J connectivity index is 1.81. The van der Waals surface area contributed by atoms with Gasteiger partial charge in [0, 0.05) is 28.2 Å². The lowest BCUT2D eigenvalue weighted by atomic mass is 10.0. The summed E-state index contributed by atoms with van der Waals surface area (Å²) in [7, 11) is -3.59. The first-order valence-electron chi connectivity index (χ1n) is 7.09. The SMILES string of the molecule is Cc1c(Cl)cc(S(=O)(=O)NC2CC3CCC(C2)N3)cc1Cl. The summed E-state index contributed by atoms with van der Waals surface area (Å²) in [5.74, 6) is 0. The molecule has 116 valence electrons. The van der Waals surface area contributed by atoms with Gasteiger partial charge in [0.1, 0.15) is 0 Å². The number of fused-ring (bicyclic) bond motifs is 2. The molecule has 0 aliphatic carbocycles. The van der Waals surface area contributed by atoms with Gasteiger partial charge in [-0.25, -0.2) is 13.1 Å². The summed E-state index contributed by atoms with van der Waals surface area (Å²) in [4.78, 5) is 0.133. The van der Waals surface area contributed by atoms with Crippen molar-refractivity contribution in [3.63, 3.8) is 0 Å². The molecular weight excluding hydrogens is 331 g/mol. The molecule has 1 aromatic carbocycles. The molecule has 0 spiro atoms. The Morgan fingerprint density at radius 1 is 1.14 bits per heavy atom. The van der Waals surface area contributed by atoms with Crippen molar-refractivity contribution in [1.82, 2.24) is 10.0 Å². The molecule has 0 saturated carbocycles. The fourth-order valence-corrected chi connectivity index (χ4v) is 5.15. The van der Waals surface area contributed by atoms with Crippen LogP contribution in [-0.2, 0) is 10.0 Å². The molecule has 7 heteroatoms. The smallest absolute Gasteiger partial charge is 0.240 e. The van der Waals surface area contributed by atoms with E-state index in [1.54, 1.807) is 6.92 Å². The number of rotatable bonds is 3. The van der Waals surface area contributed by atoms with Crippen molar-refractivity contribution < 1.29 is 8.42 Å². The lowest BCUT2D eigenvalue weighted by molar-refractivity contribution is 0.345. The molecule has 0 radical (unpaired) electrons. The Kier molecular flexibility index (Phi) is 4.23. The maximum absolute atomic E-state index is 12.5. The molecular formula is C14H18Cl2N2O2S. The minimum absolute atomic E-state index is 0.0207. The van der Waals surface area contributed by atoms with E-state index in [0.717, 1.165) is 25.7 Å². The molecule has 2 N–H and O–H groups in total. The Morgan fingerprint density at radius 2 is 1.67 bits per heavy atom. The van der Waals surface area contributed by atoms with Gasteiger partial charge in [0.25, 0.3) is 0 Å². The van der Waals surface area contributed by atoms with Crippen LogP contribution in [0.15, 0.2) is 17.0 Å². The van der Waals surface area contributed by atoms with Gasteiger partial charge >= 0.3 is 0 Å². The summed E-state index contributed by atoms with van der Waals surface area (Å²) in [6.07, 6.45) is 3.93. The van der Waals surface area contributed by atoms with E-state index in [4.69, 9.17) is 23.2 Å². The van der Waals surface area contributed by atoms with E-state index in [0.29, 0.717) is 27.7 Å². The van der Waals surface area contributed by atoms with Crippen molar-refractivity contribution in [2.24, 2.45) is 0 Å². The van der Waals surface area contributed by atoms with E-state index in [-0.39, 0.29) is 10.9 Å². The van der Waals surface area contributed by atoms with Gasteiger partial charge in [0.05, 0.1) is 4.90 Å². The molecule has 21 heavy (non-hydrogen) atoms. The molecule has 2 heterocycles. The summed E-state index contributed by atoms with van der Waals surface area (Å²) in [6, 6.07) is 3.76. The number of halogens is 2. The highest BCUT2D eigenvalue weighted by molar-refractivity contribution is 7.89. The minimum atomic E-state index is -3.59. The Bertz CT molecular complexity index is 628. The Labute approximate surface area is 135 Å². The van der Waals surface area contributed by atoms with Gasteiger partial charge in [-0.15, -0.1) is 0 Å². The highest BCUT2D eigenvalue weighted by Crippen LogP contribution is 2.30. The summed E-state index contributed by atoms with van der Waals surface area (Å²) in [5.41, 5.74) is 0.692. The molecule has 2 saturated heterocycles. The van der Waals surface area contributed by atoms with E-state index >= 15 is 0 Å². The molecule has 0 aromatic heterocycles. The number of hydrogen-bond donors (Lipinski definition) is 2. The monoisotopic (exact) mass is 348 g/mol.